The van der Waals surface area contributed by atoms with E-state index in [0.29, 0.717) is 44.2 Å². The van der Waals surface area contributed by atoms with Crippen LogP contribution in [0.3, 0.4) is 0 Å². The van der Waals surface area contributed by atoms with Crippen molar-refractivity contribution in [2.24, 2.45) is 11.7 Å². The van der Waals surface area contributed by atoms with Crippen LogP contribution in [-0.4, -0.2) is 77.5 Å². The minimum absolute atomic E-state index is 0.0441. The first-order chi connectivity index (χ1) is 26.1. The Morgan fingerprint density at radius 2 is 1.69 bits per heavy atom. The molecule has 5 atom stereocenters. The summed E-state index contributed by atoms with van der Waals surface area (Å²) in [5, 5.41) is 6.64. The van der Waals surface area contributed by atoms with E-state index in [9.17, 15) is 37.1 Å². The van der Waals surface area contributed by atoms with Crippen molar-refractivity contribution < 1.29 is 46.6 Å². The van der Waals surface area contributed by atoms with E-state index in [2.05, 4.69) is 20.4 Å². The molecule has 0 fully saturated rings. The van der Waals surface area contributed by atoms with Gasteiger partial charge in [-0.1, -0.05) is 48.9 Å². The number of unbranched alkanes of at least 4 members (excludes halogenated alkanes) is 1. The standard InChI is InChI=1S/C40H50F3N5O7/c1-24-10-9-11-26(3)54-35(49)22-33(27-15-17-29(18-16-27)55-39(53)40(41,42)43)47-37(51)34(21-28-23-45-31-13-6-5-12-30(28)31)48(4)38(52)32(14-7-8-19-44)46-36(50)25(2)20-24/h5-6,10,12-13,15-18,23,25-26,32-34,45H,7-9,11,14,19-22,44H2,1-4H3,(H,46,50)(H,47,51)/b24-10+/t25-,26-,32-,33+,34+/m0/s1. The quantitative estimate of drug-likeness (QED) is 0.0998. The van der Waals surface area contributed by atoms with Gasteiger partial charge in [0.25, 0.3) is 0 Å². The molecule has 1 aliphatic heterocycles. The number of benzene rings is 2. The average Bonchev–Trinajstić information content (AvgIpc) is 3.54. The van der Waals surface area contributed by atoms with Crippen molar-refractivity contribution in [3.63, 3.8) is 0 Å². The Hall–Kier alpha value is -5.18. The zero-order valence-corrected chi connectivity index (χ0v) is 31.5. The van der Waals surface area contributed by atoms with Gasteiger partial charge in [-0.3, -0.25) is 19.2 Å². The molecule has 0 unspecified atom stereocenters. The molecule has 0 bridgehead atoms. The van der Waals surface area contributed by atoms with Crippen LogP contribution < -0.4 is 21.1 Å². The highest BCUT2D eigenvalue weighted by Crippen LogP contribution is 2.27. The van der Waals surface area contributed by atoms with Gasteiger partial charge in [0.2, 0.25) is 17.7 Å². The summed E-state index contributed by atoms with van der Waals surface area (Å²) in [6.45, 7) is 5.82. The number of esters is 2. The zero-order valence-electron chi connectivity index (χ0n) is 31.5. The van der Waals surface area contributed by atoms with Gasteiger partial charge in [0, 0.05) is 36.5 Å². The van der Waals surface area contributed by atoms with Crippen molar-refractivity contribution in [1.29, 1.82) is 0 Å². The second-order valence-electron chi connectivity index (χ2n) is 14.1. The first-order valence-electron chi connectivity index (χ1n) is 18.4. The van der Waals surface area contributed by atoms with Gasteiger partial charge in [-0.2, -0.15) is 13.2 Å². The third kappa shape index (κ3) is 12.2. The zero-order chi connectivity index (χ0) is 40.3. The number of nitrogens with two attached hydrogens (primary N) is 1. The van der Waals surface area contributed by atoms with Gasteiger partial charge in [0.15, 0.2) is 0 Å². The topological polar surface area (TPSA) is 173 Å². The second-order valence-corrected chi connectivity index (χ2v) is 14.1. The van der Waals surface area contributed by atoms with E-state index in [1.165, 1.54) is 24.1 Å². The highest BCUT2D eigenvalue weighted by molar-refractivity contribution is 5.93. The highest BCUT2D eigenvalue weighted by atomic mass is 19.4. The lowest BCUT2D eigenvalue weighted by Gasteiger charge is -2.32. The number of likely N-dealkylation sites (N-methyl/N-ethyl adjacent to an activating group) is 1. The normalized spacial score (nSPS) is 23.7. The van der Waals surface area contributed by atoms with E-state index < -0.39 is 65.8 Å². The SMILES string of the molecule is C/C1=C\CC[C@H](C)OC(=O)C[C@H](c2ccc(OC(=O)C(F)(F)F)cc2)NC(=O)[C@@H](Cc2c[nH]c3ccccc23)N(C)C(=O)[C@H](CCCCN)NC(=O)[C@@H](C)C1. The lowest BCUT2D eigenvalue weighted by Crippen LogP contribution is -2.56. The Labute approximate surface area is 318 Å². The fraction of sp³-hybridized carbons (Fsp3) is 0.475. The molecule has 2 heterocycles. The number of carbonyl (C=O) groups is 5. The molecule has 298 valence electrons. The number of allylic oxidation sites excluding steroid dienone is 2. The van der Waals surface area contributed by atoms with Gasteiger partial charge in [-0.25, -0.2) is 4.79 Å². The molecule has 12 nitrogen and oxygen atoms in total. The summed E-state index contributed by atoms with van der Waals surface area (Å²) < 4.78 is 48.7. The first kappa shape index (κ1) is 42.6. The molecule has 3 amide bonds. The minimum atomic E-state index is -5.21. The lowest BCUT2D eigenvalue weighted by molar-refractivity contribution is -0.189. The van der Waals surface area contributed by atoms with Gasteiger partial charge in [0.1, 0.15) is 17.8 Å². The largest absolute Gasteiger partial charge is 0.491 e. The van der Waals surface area contributed by atoms with E-state index in [1.807, 2.05) is 37.3 Å². The first-order valence-corrected chi connectivity index (χ1v) is 18.4. The number of hydrogen-bond acceptors (Lipinski definition) is 8. The van der Waals surface area contributed by atoms with Crippen molar-refractivity contribution in [3.05, 3.63) is 77.5 Å². The van der Waals surface area contributed by atoms with Gasteiger partial charge in [-0.05, 0) is 88.2 Å². The van der Waals surface area contributed by atoms with Gasteiger partial charge in [-0.15, -0.1) is 0 Å². The smallest absolute Gasteiger partial charge is 0.463 e. The summed E-state index contributed by atoms with van der Waals surface area (Å²) >= 11 is 0. The number of cyclic esters (lactones) is 1. The van der Waals surface area contributed by atoms with E-state index in [1.54, 1.807) is 20.0 Å². The molecule has 0 spiro atoms. The Kier molecular flexibility index (Phi) is 15.0. The number of halogens is 3. The lowest BCUT2D eigenvalue weighted by atomic mass is 9.98. The predicted octanol–water partition coefficient (Wildman–Crippen LogP) is 5.56. The fourth-order valence-corrected chi connectivity index (χ4v) is 6.55. The number of aromatic nitrogens is 1. The molecular formula is C40H50F3N5O7. The van der Waals surface area contributed by atoms with Crippen LogP contribution in [0.5, 0.6) is 5.75 Å². The van der Waals surface area contributed by atoms with E-state index >= 15 is 0 Å². The molecule has 1 aliphatic rings. The monoisotopic (exact) mass is 769 g/mol. The van der Waals surface area contributed by atoms with Crippen molar-refractivity contribution in [3.8, 4) is 5.75 Å². The number of fused-ring (bicyclic) bond motifs is 1. The molecule has 4 rings (SSSR count). The summed E-state index contributed by atoms with van der Waals surface area (Å²) in [5.74, 6) is -5.35. The minimum Gasteiger partial charge on any atom is -0.463 e. The molecule has 15 heteroatoms. The second kappa shape index (κ2) is 19.4. The molecule has 0 radical (unpaired) electrons. The third-order valence-electron chi connectivity index (χ3n) is 9.65. The van der Waals surface area contributed by atoms with Crippen molar-refractivity contribution in [2.45, 2.75) is 103 Å². The van der Waals surface area contributed by atoms with E-state index in [-0.39, 0.29) is 25.2 Å². The Bertz CT molecular complexity index is 1840. The van der Waals surface area contributed by atoms with Crippen molar-refractivity contribution in [2.75, 3.05) is 13.6 Å². The number of carbonyl (C=O) groups excluding carboxylic acids is 5. The van der Waals surface area contributed by atoms with Crippen LogP contribution in [0.25, 0.3) is 10.9 Å². The Morgan fingerprint density at radius 1 is 0.982 bits per heavy atom. The van der Waals surface area contributed by atoms with Crippen molar-refractivity contribution in [1.82, 2.24) is 20.5 Å². The Morgan fingerprint density at radius 3 is 2.38 bits per heavy atom. The van der Waals surface area contributed by atoms with Crippen LogP contribution in [0.4, 0.5) is 13.2 Å². The molecule has 1 aromatic heterocycles. The summed E-state index contributed by atoms with van der Waals surface area (Å²) in [6, 6.07) is 9.17. The number of para-hydroxylation sites is 1. The predicted molar refractivity (Wildman–Crippen MR) is 199 cm³/mol. The molecule has 55 heavy (non-hydrogen) atoms. The molecular weight excluding hydrogens is 719 g/mol. The highest BCUT2D eigenvalue weighted by Gasteiger charge is 2.41. The van der Waals surface area contributed by atoms with Crippen LogP contribution in [0.15, 0.2) is 66.4 Å². The maximum absolute atomic E-state index is 14.5. The maximum Gasteiger partial charge on any atom is 0.491 e. The summed E-state index contributed by atoms with van der Waals surface area (Å²) in [4.78, 5) is 71.6. The van der Waals surface area contributed by atoms with Crippen LogP contribution in [0, 0.1) is 5.92 Å². The molecule has 5 N–H and O–H groups in total. The Balaban J connectivity index is 1.75. The number of aromatic amines is 1. The van der Waals surface area contributed by atoms with Gasteiger partial charge < -0.3 is 35.7 Å². The number of ether oxygens (including phenoxy) is 2. The summed E-state index contributed by atoms with van der Waals surface area (Å²) in [7, 11) is 1.48. The van der Waals surface area contributed by atoms with E-state index in [0.717, 1.165) is 34.2 Å². The fourth-order valence-electron chi connectivity index (χ4n) is 6.55. The number of alkyl halides is 3. The number of H-pyrrole nitrogens is 1. The maximum atomic E-state index is 14.5. The molecule has 2 aromatic carbocycles. The number of nitrogens with zero attached hydrogens (tertiary/aromatic N) is 1. The van der Waals surface area contributed by atoms with E-state index in [4.69, 9.17) is 10.5 Å². The molecule has 0 saturated heterocycles. The van der Waals surface area contributed by atoms with Crippen LogP contribution >= 0.6 is 0 Å². The number of nitrogens with one attached hydrogen (secondary N) is 3. The third-order valence-corrected chi connectivity index (χ3v) is 9.65. The number of rotatable bonds is 8. The number of amides is 3. The van der Waals surface area contributed by atoms with Gasteiger partial charge in [0.05, 0.1) is 18.6 Å². The molecule has 3 aromatic rings. The van der Waals surface area contributed by atoms with Gasteiger partial charge >= 0.3 is 18.1 Å². The number of hydrogen-bond donors (Lipinski definition) is 4. The average molecular weight is 770 g/mol. The molecule has 0 aliphatic carbocycles. The summed E-state index contributed by atoms with van der Waals surface area (Å²) in [5.41, 5.74) is 8.55. The van der Waals surface area contributed by atoms with Crippen LogP contribution in [0.1, 0.15) is 82.9 Å². The summed E-state index contributed by atoms with van der Waals surface area (Å²) in [6.07, 6.45) is 0.626. The van der Waals surface area contributed by atoms with Crippen molar-refractivity contribution >= 4 is 40.6 Å². The molecule has 0 saturated carbocycles. The van der Waals surface area contributed by atoms with Crippen LogP contribution in [0.2, 0.25) is 0 Å². The van der Waals surface area contributed by atoms with Crippen LogP contribution in [-0.2, 0) is 35.1 Å².